The summed E-state index contributed by atoms with van der Waals surface area (Å²) in [7, 11) is 0. The molecule has 0 unspecified atom stereocenters. The summed E-state index contributed by atoms with van der Waals surface area (Å²) in [5.74, 6) is -0.775. The van der Waals surface area contributed by atoms with Gasteiger partial charge in [-0.05, 0) is 40.2 Å². The van der Waals surface area contributed by atoms with Crippen LogP contribution in [0.15, 0.2) is 40.9 Å². The maximum absolute atomic E-state index is 13.2. The molecule has 0 atom stereocenters. The van der Waals surface area contributed by atoms with Gasteiger partial charge in [0.25, 0.3) is 0 Å². The molecule has 0 bridgehead atoms. The molecule has 0 saturated heterocycles. The van der Waals surface area contributed by atoms with Crippen LogP contribution in [0.3, 0.4) is 0 Å². The van der Waals surface area contributed by atoms with Gasteiger partial charge in [-0.3, -0.25) is 14.9 Å². The van der Waals surface area contributed by atoms with Crippen molar-refractivity contribution in [1.29, 1.82) is 0 Å². The summed E-state index contributed by atoms with van der Waals surface area (Å²) in [5.41, 5.74) is -0.200. The van der Waals surface area contributed by atoms with Gasteiger partial charge in [0.1, 0.15) is 11.6 Å². The first kappa shape index (κ1) is 14.1. The van der Waals surface area contributed by atoms with Gasteiger partial charge in [0.15, 0.2) is 6.29 Å². The summed E-state index contributed by atoms with van der Waals surface area (Å²) >= 11 is 3.05. The molecule has 0 heterocycles. The Kier molecular flexibility index (Phi) is 4.09. The third kappa shape index (κ3) is 2.83. The molecule has 0 aliphatic heterocycles. The normalized spacial score (nSPS) is 10.1. The number of para-hydroxylation sites is 1. The second-order valence-electron chi connectivity index (χ2n) is 3.75. The largest absolute Gasteiger partial charge is 0.449 e. The van der Waals surface area contributed by atoms with E-state index in [1.54, 1.807) is 0 Å². The van der Waals surface area contributed by atoms with Crippen LogP contribution in [0.1, 0.15) is 10.4 Å². The van der Waals surface area contributed by atoms with E-state index in [0.717, 1.165) is 12.1 Å². The number of nitro groups is 1. The molecule has 2 aromatic carbocycles. The van der Waals surface area contributed by atoms with Gasteiger partial charge in [-0.25, -0.2) is 4.39 Å². The van der Waals surface area contributed by atoms with Crippen molar-refractivity contribution < 1.29 is 18.8 Å². The molecular formula is C13H7BrFNO4. The molecule has 20 heavy (non-hydrogen) atoms. The highest BCUT2D eigenvalue weighted by atomic mass is 79.9. The number of halogens is 2. The molecule has 0 amide bonds. The number of rotatable bonds is 4. The van der Waals surface area contributed by atoms with Crippen LogP contribution in [0.5, 0.6) is 11.5 Å². The van der Waals surface area contributed by atoms with E-state index in [1.165, 1.54) is 24.3 Å². The summed E-state index contributed by atoms with van der Waals surface area (Å²) in [5, 5.41) is 11.0. The maximum Gasteiger partial charge on any atom is 0.325 e. The summed E-state index contributed by atoms with van der Waals surface area (Å²) in [4.78, 5) is 21.2. The van der Waals surface area contributed by atoms with Crippen LogP contribution in [-0.4, -0.2) is 11.2 Å². The van der Waals surface area contributed by atoms with Crippen molar-refractivity contribution in [1.82, 2.24) is 0 Å². The van der Waals surface area contributed by atoms with Crippen LogP contribution in [0, 0.1) is 15.9 Å². The number of carbonyl (C=O) groups is 1. The summed E-state index contributed by atoms with van der Waals surface area (Å²) in [6.45, 7) is 0. The summed E-state index contributed by atoms with van der Waals surface area (Å²) < 4.78 is 18.7. The predicted octanol–water partition coefficient (Wildman–Crippen LogP) is 4.10. The fraction of sp³-hybridized carbons (Fsp3) is 0. The third-order valence-electron chi connectivity index (χ3n) is 2.45. The van der Waals surface area contributed by atoms with E-state index in [1.807, 2.05) is 0 Å². The zero-order chi connectivity index (χ0) is 14.7. The van der Waals surface area contributed by atoms with Gasteiger partial charge >= 0.3 is 5.69 Å². The minimum absolute atomic E-state index is 0.0822. The number of carbonyl (C=O) groups excluding carboxylic acids is 1. The summed E-state index contributed by atoms with van der Waals surface area (Å²) in [6.07, 6.45) is 0.485. The lowest BCUT2D eigenvalue weighted by molar-refractivity contribution is -0.386. The molecule has 2 aromatic rings. The van der Waals surface area contributed by atoms with Crippen LogP contribution < -0.4 is 4.74 Å². The number of ether oxygens (including phenoxy) is 1. The van der Waals surface area contributed by atoms with Gasteiger partial charge in [0.05, 0.1) is 15.0 Å². The lowest BCUT2D eigenvalue weighted by Gasteiger charge is -2.09. The molecule has 7 heteroatoms. The average Bonchev–Trinajstić information content (AvgIpc) is 2.38. The molecular weight excluding hydrogens is 333 g/mol. The Morgan fingerprint density at radius 2 is 2.00 bits per heavy atom. The van der Waals surface area contributed by atoms with Crippen LogP contribution >= 0.6 is 15.9 Å². The first-order chi connectivity index (χ1) is 9.52. The van der Waals surface area contributed by atoms with Gasteiger partial charge < -0.3 is 4.74 Å². The fourth-order valence-electron chi connectivity index (χ4n) is 1.57. The van der Waals surface area contributed by atoms with Crippen LogP contribution in [0.4, 0.5) is 10.1 Å². The molecule has 0 aromatic heterocycles. The highest BCUT2D eigenvalue weighted by Gasteiger charge is 2.20. The monoisotopic (exact) mass is 339 g/mol. The highest BCUT2D eigenvalue weighted by Crippen LogP contribution is 2.37. The van der Waals surface area contributed by atoms with E-state index in [4.69, 9.17) is 4.74 Å². The number of aldehydes is 1. The maximum atomic E-state index is 13.2. The lowest BCUT2D eigenvalue weighted by atomic mass is 10.2. The van der Waals surface area contributed by atoms with Crippen molar-refractivity contribution in [2.24, 2.45) is 0 Å². The minimum Gasteiger partial charge on any atom is -0.449 e. The second-order valence-corrected chi connectivity index (χ2v) is 4.60. The van der Waals surface area contributed by atoms with Crippen molar-refractivity contribution >= 4 is 27.9 Å². The molecule has 102 valence electrons. The molecule has 0 spiro atoms. The molecule has 0 aliphatic carbocycles. The first-order valence-corrected chi connectivity index (χ1v) is 6.17. The molecule has 0 aliphatic rings. The fourth-order valence-corrected chi connectivity index (χ4v) is 2.06. The smallest absolute Gasteiger partial charge is 0.325 e. The quantitative estimate of drug-likeness (QED) is 0.477. The van der Waals surface area contributed by atoms with Gasteiger partial charge in [0, 0.05) is 6.07 Å². The number of benzene rings is 2. The Balaban J connectivity index is 2.50. The van der Waals surface area contributed by atoms with Crippen molar-refractivity contribution in [3.05, 3.63) is 62.4 Å². The molecule has 0 radical (unpaired) electrons. The van der Waals surface area contributed by atoms with E-state index in [9.17, 15) is 19.3 Å². The van der Waals surface area contributed by atoms with E-state index in [2.05, 4.69) is 15.9 Å². The van der Waals surface area contributed by atoms with Crippen molar-refractivity contribution in [2.75, 3.05) is 0 Å². The van der Waals surface area contributed by atoms with Crippen molar-refractivity contribution in [2.45, 2.75) is 0 Å². The van der Waals surface area contributed by atoms with E-state index in [-0.39, 0.29) is 27.2 Å². The zero-order valence-corrected chi connectivity index (χ0v) is 11.5. The first-order valence-electron chi connectivity index (χ1n) is 5.38. The van der Waals surface area contributed by atoms with E-state index < -0.39 is 10.7 Å². The topological polar surface area (TPSA) is 69.4 Å². The molecule has 2 rings (SSSR count). The Bertz CT molecular complexity index is 690. The minimum atomic E-state index is -0.626. The Labute approximate surface area is 121 Å². The van der Waals surface area contributed by atoms with Gasteiger partial charge in [-0.15, -0.1) is 0 Å². The van der Waals surface area contributed by atoms with Crippen LogP contribution in [-0.2, 0) is 0 Å². The summed E-state index contributed by atoms with van der Waals surface area (Å²) in [6, 6.07) is 7.72. The van der Waals surface area contributed by atoms with Crippen LogP contribution in [0.25, 0.3) is 0 Å². The molecule has 5 nitrogen and oxygen atoms in total. The van der Waals surface area contributed by atoms with Crippen LogP contribution in [0.2, 0.25) is 0 Å². The Morgan fingerprint density at radius 1 is 1.25 bits per heavy atom. The number of nitro benzene ring substituents is 1. The average molecular weight is 340 g/mol. The highest BCUT2D eigenvalue weighted by molar-refractivity contribution is 9.10. The van der Waals surface area contributed by atoms with E-state index >= 15 is 0 Å². The second kappa shape index (κ2) is 5.79. The predicted molar refractivity (Wildman–Crippen MR) is 72.7 cm³/mol. The zero-order valence-electron chi connectivity index (χ0n) is 9.88. The SMILES string of the molecule is O=Cc1ccc(F)cc1Oc1cccc(Br)c1[N+](=O)[O-]. The Hall–Kier alpha value is -2.28. The van der Waals surface area contributed by atoms with Crippen molar-refractivity contribution in [3.8, 4) is 11.5 Å². The Morgan fingerprint density at radius 3 is 2.65 bits per heavy atom. The van der Waals surface area contributed by atoms with Crippen molar-refractivity contribution in [3.63, 3.8) is 0 Å². The van der Waals surface area contributed by atoms with Gasteiger partial charge in [-0.1, -0.05) is 6.07 Å². The van der Waals surface area contributed by atoms with Gasteiger partial charge in [0.2, 0.25) is 5.75 Å². The number of hydrogen-bond acceptors (Lipinski definition) is 4. The number of hydrogen-bond donors (Lipinski definition) is 0. The third-order valence-corrected chi connectivity index (χ3v) is 3.09. The van der Waals surface area contributed by atoms with Gasteiger partial charge in [-0.2, -0.15) is 0 Å². The molecule has 0 saturated carbocycles. The molecule has 0 N–H and O–H groups in total. The lowest BCUT2D eigenvalue weighted by Crippen LogP contribution is -1.97. The molecule has 0 fully saturated rings. The number of nitrogens with zero attached hydrogens (tertiary/aromatic N) is 1. The standard InChI is InChI=1S/C13H7BrFNO4/c14-10-2-1-3-11(13(10)16(18)19)20-12-6-9(15)5-4-8(12)7-17/h1-7H. The van der Waals surface area contributed by atoms with E-state index in [0.29, 0.717) is 6.29 Å².